The van der Waals surface area contributed by atoms with Crippen LogP contribution in [0.2, 0.25) is 0 Å². The molecule has 0 radical (unpaired) electrons. The third-order valence-corrected chi connectivity index (χ3v) is 3.55. The smallest absolute Gasteiger partial charge is 0.370 e. The molecule has 0 saturated carbocycles. The predicted molar refractivity (Wildman–Crippen MR) is 74.5 cm³/mol. The molecule has 1 N–H and O–H groups in total. The van der Waals surface area contributed by atoms with E-state index in [-0.39, 0.29) is 5.82 Å². The van der Waals surface area contributed by atoms with Crippen molar-refractivity contribution < 1.29 is 13.2 Å². The SMILES string of the molecule is CC(CCl)CCCNc1ncc(Br)cc1C(F)(F)F. The number of halogens is 5. The number of hydrogen-bond donors (Lipinski definition) is 1. The van der Waals surface area contributed by atoms with Crippen LogP contribution >= 0.6 is 27.5 Å². The van der Waals surface area contributed by atoms with Gasteiger partial charge in [-0.2, -0.15) is 13.2 Å². The number of rotatable bonds is 6. The zero-order valence-electron chi connectivity index (χ0n) is 10.4. The molecule has 1 atom stereocenters. The van der Waals surface area contributed by atoms with Crippen molar-refractivity contribution in [2.24, 2.45) is 5.92 Å². The van der Waals surface area contributed by atoms with Crippen molar-refractivity contribution in [3.05, 3.63) is 22.3 Å². The molecule has 1 rings (SSSR count). The lowest BCUT2D eigenvalue weighted by atomic mass is 10.1. The van der Waals surface area contributed by atoms with Crippen LogP contribution in [-0.4, -0.2) is 17.4 Å². The zero-order chi connectivity index (χ0) is 14.5. The van der Waals surface area contributed by atoms with Gasteiger partial charge in [-0.25, -0.2) is 4.98 Å². The molecule has 0 saturated heterocycles. The van der Waals surface area contributed by atoms with Crippen molar-refractivity contribution in [1.29, 1.82) is 0 Å². The summed E-state index contributed by atoms with van der Waals surface area (Å²) < 4.78 is 38.7. The van der Waals surface area contributed by atoms with E-state index in [9.17, 15) is 13.2 Å². The van der Waals surface area contributed by atoms with Crippen molar-refractivity contribution >= 4 is 33.3 Å². The number of nitrogens with one attached hydrogen (secondary N) is 1. The van der Waals surface area contributed by atoms with E-state index in [0.717, 1.165) is 18.9 Å². The van der Waals surface area contributed by atoms with Crippen LogP contribution in [0.25, 0.3) is 0 Å². The van der Waals surface area contributed by atoms with Crippen molar-refractivity contribution in [1.82, 2.24) is 4.98 Å². The minimum absolute atomic E-state index is 0.130. The van der Waals surface area contributed by atoms with Crippen molar-refractivity contribution in [2.45, 2.75) is 25.9 Å². The highest BCUT2D eigenvalue weighted by Gasteiger charge is 2.34. The molecule has 0 spiro atoms. The predicted octanol–water partition coefficient (Wildman–Crippen LogP) is 4.93. The van der Waals surface area contributed by atoms with E-state index in [0.29, 0.717) is 22.8 Å². The summed E-state index contributed by atoms with van der Waals surface area (Å²) in [5.41, 5.74) is -0.757. The fourth-order valence-electron chi connectivity index (χ4n) is 1.53. The summed E-state index contributed by atoms with van der Waals surface area (Å²) in [6.07, 6.45) is -1.45. The van der Waals surface area contributed by atoms with Crippen LogP contribution in [0.4, 0.5) is 19.0 Å². The van der Waals surface area contributed by atoms with Crippen molar-refractivity contribution in [3.63, 3.8) is 0 Å². The summed E-state index contributed by atoms with van der Waals surface area (Å²) in [6, 6.07) is 1.02. The molecule has 1 aromatic heterocycles. The van der Waals surface area contributed by atoms with Crippen LogP contribution in [0.5, 0.6) is 0 Å². The molecular weight excluding hydrogens is 344 g/mol. The first kappa shape index (κ1) is 16.6. The van der Waals surface area contributed by atoms with Crippen LogP contribution < -0.4 is 5.32 Å². The van der Waals surface area contributed by atoms with E-state index in [2.05, 4.69) is 26.2 Å². The number of anilines is 1. The molecule has 0 aliphatic carbocycles. The number of nitrogens with zero attached hydrogens (tertiary/aromatic N) is 1. The first-order valence-corrected chi connectivity index (χ1v) is 7.20. The van der Waals surface area contributed by atoms with E-state index in [1.54, 1.807) is 0 Å². The average Bonchev–Trinajstić information content (AvgIpc) is 2.34. The monoisotopic (exact) mass is 358 g/mol. The third-order valence-electron chi connectivity index (χ3n) is 2.59. The second kappa shape index (κ2) is 7.33. The van der Waals surface area contributed by atoms with Gasteiger partial charge < -0.3 is 5.32 Å². The van der Waals surface area contributed by atoms with Crippen LogP contribution in [0, 0.1) is 5.92 Å². The molecule has 2 nitrogen and oxygen atoms in total. The van der Waals surface area contributed by atoms with Crippen molar-refractivity contribution in [3.8, 4) is 0 Å². The van der Waals surface area contributed by atoms with Gasteiger partial charge in [-0.3, -0.25) is 0 Å². The quantitative estimate of drug-likeness (QED) is 0.575. The Hall–Kier alpha value is -0.490. The van der Waals surface area contributed by atoms with E-state index >= 15 is 0 Å². The van der Waals surface area contributed by atoms with Gasteiger partial charge >= 0.3 is 6.18 Å². The van der Waals surface area contributed by atoms with Gasteiger partial charge in [-0.05, 0) is 40.8 Å². The van der Waals surface area contributed by atoms with Gasteiger partial charge in [0.05, 0.1) is 5.56 Å². The zero-order valence-corrected chi connectivity index (χ0v) is 12.7. The molecule has 0 aliphatic heterocycles. The molecule has 19 heavy (non-hydrogen) atoms. The molecule has 108 valence electrons. The number of pyridine rings is 1. The van der Waals surface area contributed by atoms with Crippen molar-refractivity contribution in [2.75, 3.05) is 17.7 Å². The van der Waals surface area contributed by atoms with E-state index in [1.807, 2.05) is 6.92 Å². The molecule has 7 heteroatoms. The van der Waals surface area contributed by atoms with E-state index < -0.39 is 11.7 Å². The maximum absolute atomic E-state index is 12.8. The standard InChI is InChI=1S/C12H15BrClF3N2/c1-8(6-14)3-2-4-18-11-10(12(15,16)17)5-9(13)7-19-11/h5,7-8H,2-4,6H2,1H3,(H,18,19). The Morgan fingerprint density at radius 3 is 2.74 bits per heavy atom. The van der Waals surface area contributed by atoms with Gasteiger partial charge in [0.1, 0.15) is 5.82 Å². The fraction of sp³-hybridized carbons (Fsp3) is 0.583. The highest BCUT2D eigenvalue weighted by Crippen LogP contribution is 2.35. The second-order valence-electron chi connectivity index (χ2n) is 4.38. The summed E-state index contributed by atoms with van der Waals surface area (Å²) in [6.45, 7) is 2.45. The Bertz CT molecular complexity index is 412. The first-order chi connectivity index (χ1) is 8.84. The lowest BCUT2D eigenvalue weighted by molar-refractivity contribution is -0.137. The van der Waals surface area contributed by atoms with Gasteiger partial charge in [0.25, 0.3) is 0 Å². The molecule has 0 amide bonds. The molecular formula is C12H15BrClF3N2. The maximum atomic E-state index is 12.8. The largest absolute Gasteiger partial charge is 0.419 e. The molecule has 1 heterocycles. The molecule has 0 aromatic carbocycles. The van der Waals surface area contributed by atoms with Crippen LogP contribution in [-0.2, 0) is 6.18 Å². The number of alkyl halides is 4. The van der Waals surface area contributed by atoms with Crippen LogP contribution in [0.3, 0.4) is 0 Å². The highest BCUT2D eigenvalue weighted by molar-refractivity contribution is 9.10. The van der Waals surface area contributed by atoms with Gasteiger partial charge in [0, 0.05) is 23.1 Å². The van der Waals surface area contributed by atoms with Gasteiger partial charge in [0.2, 0.25) is 0 Å². The molecule has 1 aromatic rings. The summed E-state index contributed by atoms with van der Waals surface area (Å²) in [5.74, 6) is 0.794. The second-order valence-corrected chi connectivity index (χ2v) is 5.60. The topological polar surface area (TPSA) is 24.9 Å². The van der Waals surface area contributed by atoms with E-state index in [1.165, 1.54) is 6.20 Å². The summed E-state index contributed by atoms with van der Waals surface area (Å²) in [5, 5.41) is 2.73. The normalized spacial score (nSPS) is 13.4. The van der Waals surface area contributed by atoms with Gasteiger partial charge in [-0.1, -0.05) is 6.92 Å². The molecule has 0 aliphatic rings. The van der Waals surface area contributed by atoms with Gasteiger partial charge in [-0.15, -0.1) is 11.6 Å². The minimum Gasteiger partial charge on any atom is -0.370 e. The minimum atomic E-state index is -4.41. The Balaban J connectivity index is 2.63. The Kier molecular flexibility index (Phi) is 6.39. The summed E-state index contributed by atoms with van der Waals surface area (Å²) in [7, 11) is 0. The highest BCUT2D eigenvalue weighted by atomic mass is 79.9. The molecule has 0 fully saturated rings. The van der Waals surface area contributed by atoms with Crippen LogP contribution in [0.15, 0.2) is 16.7 Å². The average molecular weight is 360 g/mol. The Labute approximate surface area is 123 Å². The lowest BCUT2D eigenvalue weighted by Crippen LogP contribution is -2.13. The third kappa shape index (κ3) is 5.57. The molecule has 0 bridgehead atoms. The Morgan fingerprint density at radius 2 is 2.16 bits per heavy atom. The molecule has 1 unspecified atom stereocenters. The number of aromatic nitrogens is 1. The number of hydrogen-bond acceptors (Lipinski definition) is 2. The van der Waals surface area contributed by atoms with E-state index in [4.69, 9.17) is 11.6 Å². The van der Waals surface area contributed by atoms with Gasteiger partial charge in [0.15, 0.2) is 0 Å². The Morgan fingerprint density at radius 1 is 1.47 bits per heavy atom. The first-order valence-electron chi connectivity index (χ1n) is 5.87. The summed E-state index contributed by atoms with van der Waals surface area (Å²) in [4.78, 5) is 3.78. The fourth-order valence-corrected chi connectivity index (χ4v) is 2.02. The lowest BCUT2D eigenvalue weighted by Gasteiger charge is -2.14. The van der Waals surface area contributed by atoms with Crippen LogP contribution in [0.1, 0.15) is 25.3 Å². The summed E-state index contributed by atoms with van der Waals surface area (Å²) >= 11 is 8.66. The maximum Gasteiger partial charge on any atom is 0.419 e.